The molecule has 1 amide bonds. The third-order valence-corrected chi connectivity index (χ3v) is 5.90. The van der Waals surface area contributed by atoms with Gasteiger partial charge >= 0.3 is 0 Å². The number of hydrogen-bond donors (Lipinski definition) is 2. The van der Waals surface area contributed by atoms with Gasteiger partial charge in [-0.3, -0.25) is 4.79 Å². The van der Waals surface area contributed by atoms with Crippen molar-refractivity contribution in [3.05, 3.63) is 23.8 Å². The topological polar surface area (TPSA) is 59.6 Å². The number of carbonyl (C=O) groups is 1. The largest absolute Gasteiger partial charge is 0.493 e. The number of nitrogens with one attached hydrogen (secondary N) is 2. The molecule has 2 fully saturated rings. The van der Waals surface area contributed by atoms with Gasteiger partial charge < -0.3 is 20.1 Å². The number of thioether (sulfide) groups is 1. The molecule has 25 heavy (non-hydrogen) atoms. The zero-order valence-corrected chi connectivity index (χ0v) is 15.7. The van der Waals surface area contributed by atoms with E-state index in [-0.39, 0.29) is 18.1 Å². The van der Waals surface area contributed by atoms with E-state index in [1.807, 2.05) is 30.0 Å². The van der Waals surface area contributed by atoms with Crippen molar-refractivity contribution < 1.29 is 14.3 Å². The van der Waals surface area contributed by atoms with Gasteiger partial charge in [0, 0.05) is 42.6 Å². The zero-order chi connectivity index (χ0) is 17.5. The van der Waals surface area contributed by atoms with E-state index in [2.05, 4.69) is 10.6 Å². The summed E-state index contributed by atoms with van der Waals surface area (Å²) in [5.74, 6) is 3.73. The first kappa shape index (κ1) is 18.4. The SMILES string of the molecule is COc1cccc(CNC(=O)CC2CSCCN2)c1OC1CCCC1. The van der Waals surface area contributed by atoms with Crippen molar-refractivity contribution in [2.75, 3.05) is 25.2 Å². The molecule has 0 spiro atoms. The fourth-order valence-electron chi connectivity index (χ4n) is 3.41. The number of ether oxygens (including phenoxy) is 2. The molecule has 3 rings (SSSR count). The second kappa shape index (κ2) is 9.34. The van der Waals surface area contributed by atoms with Crippen molar-refractivity contribution in [1.29, 1.82) is 0 Å². The van der Waals surface area contributed by atoms with E-state index < -0.39 is 0 Å². The molecular weight excluding hydrogens is 336 g/mol. The van der Waals surface area contributed by atoms with Crippen molar-refractivity contribution >= 4 is 17.7 Å². The lowest BCUT2D eigenvalue weighted by Gasteiger charge is -2.23. The standard InChI is InChI=1S/C19H28N2O3S/c1-23-17-8-4-5-14(19(17)24-16-6-2-3-7-16)12-21-18(22)11-15-13-25-10-9-20-15/h4-5,8,15-16,20H,2-3,6-7,9-13H2,1H3,(H,21,22). The van der Waals surface area contributed by atoms with Crippen LogP contribution in [0.25, 0.3) is 0 Å². The molecule has 5 nitrogen and oxygen atoms in total. The summed E-state index contributed by atoms with van der Waals surface area (Å²) in [6.45, 7) is 1.45. The van der Waals surface area contributed by atoms with Gasteiger partial charge in [0.05, 0.1) is 13.2 Å². The molecule has 1 saturated carbocycles. The van der Waals surface area contributed by atoms with Gasteiger partial charge in [-0.25, -0.2) is 0 Å². The second-order valence-corrected chi connectivity index (χ2v) is 7.83. The van der Waals surface area contributed by atoms with Crippen LogP contribution in [0, 0.1) is 0 Å². The molecule has 0 aromatic heterocycles. The Morgan fingerprint density at radius 3 is 2.92 bits per heavy atom. The van der Waals surface area contributed by atoms with Crippen molar-refractivity contribution in [3.63, 3.8) is 0 Å². The summed E-state index contributed by atoms with van der Waals surface area (Å²) >= 11 is 1.91. The van der Waals surface area contributed by atoms with Crippen LogP contribution in [0.15, 0.2) is 18.2 Å². The van der Waals surface area contributed by atoms with Crippen molar-refractivity contribution in [2.24, 2.45) is 0 Å². The molecule has 2 aliphatic rings. The summed E-state index contributed by atoms with van der Waals surface area (Å²) in [4.78, 5) is 12.3. The Morgan fingerprint density at radius 1 is 1.36 bits per heavy atom. The first-order valence-electron chi connectivity index (χ1n) is 9.16. The second-order valence-electron chi connectivity index (χ2n) is 6.68. The molecule has 6 heteroatoms. The Balaban J connectivity index is 1.59. The lowest BCUT2D eigenvalue weighted by molar-refractivity contribution is -0.121. The number of hydrogen-bond acceptors (Lipinski definition) is 5. The molecular formula is C19H28N2O3S. The fourth-order valence-corrected chi connectivity index (χ4v) is 4.36. The van der Waals surface area contributed by atoms with E-state index in [9.17, 15) is 4.79 Å². The highest BCUT2D eigenvalue weighted by Gasteiger charge is 2.21. The minimum absolute atomic E-state index is 0.0784. The van der Waals surface area contributed by atoms with Crippen LogP contribution in [0.3, 0.4) is 0 Å². The van der Waals surface area contributed by atoms with E-state index in [0.717, 1.165) is 48.0 Å². The van der Waals surface area contributed by atoms with Gasteiger partial charge in [-0.1, -0.05) is 12.1 Å². The van der Waals surface area contributed by atoms with Gasteiger partial charge in [-0.15, -0.1) is 0 Å². The van der Waals surface area contributed by atoms with Crippen LogP contribution in [0.5, 0.6) is 11.5 Å². The average Bonchev–Trinajstić information content (AvgIpc) is 3.15. The highest BCUT2D eigenvalue weighted by molar-refractivity contribution is 7.99. The molecule has 0 bridgehead atoms. The number of rotatable bonds is 7. The average molecular weight is 365 g/mol. The maximum atomic E-state index is 12.3. The quantitative estimate of drug-likeness (QED) is 0.779. The van der Waals surface area contributed by atoms with E-state index in [1.54, 1.807) is 7.11 Å². The Morgan fingerprint density at radius 2 is 2.20 bits per heavy atom. The molecule has 1 saturated heterocycles. The van der Waals surface area contributed by atoms with Crippen LogP contribution in [-0.4, -0.2) is 43.2 Å². The van der Waals surface area contributed by atoms with E-state index in [0.29, 0.717) is 13.0 Å². The lowest BCUT2D eigenvalue weighted by atomic mass is 10.1. The monoisotopic (exact) mass is 364 g/mol. The molecule has 1 atom stereocenters. The summed E-state index contributed by atoms with van der Waals surface area (Å²) in [5.41, 5.74) is 0.977. The first-order valence-corrected chi connectivity index (χ1v) is 10.3. The molecule has 138 valence electrons. The summed E-state index contributed by atoms with van der Waals surface area (Å²) in [7, 11) is 1.66. The minimum atomic E-state index is 0.0784. The summed E-state index contributed by atoms with van der Waals surface area (Å²) in [6, 6.07) is 6.14. The Bertz CT molecular complexity index is 570. The van der Waals surface area contributed by atoms with Gasteiger partial charge in [0.15, 0.2) is 11.5 Å². The molecule has 1 aliphatic heterocycles. The summed E-state index contributed by atoms with van der Waals surface area (Å²) < 4.78 is 11.7. The van der Waals surface area contributed by atoms with E-state index >= 15 is 0 Å². The highest BCUT2D eigenvalue weighted by atomic mass is 32.2. The van der Waals surface area contributed by atoms with Gasteiger partial charge in [-0.05, 0) is 31.7 Å². The summed E-state index contributed by atoms with van der Waals surface area (Å²) in [6.07, 6.45) is 5.41. The normalized spacial score (nSPS) is 21.1. The number of carbonyl (C=O) groups excluding carboxylic acids is 1. The zero-order valence-electron chi connectivity index (χ0n) is 14.9. The van der Waals surface area contributed by atoms with Crippen LogP contribution in [0.2, 0.25) is 0 Å². The molecule has 1 unspecified atom stereocenters. The molecule has 1 aromatic rings. The maximum Gasteiger partial charge on any atom is 0.221 e. The summed E-state index contributed by atoms with van der Waals surface area (Å²) in [5, 5.41) is 6.44. The van der Waals surface area contributed by atoms with Gasteiger partial charge in [-0.2, -0.15) is 11.8 Å². The Kier molecular flexibility index (Phi) is 6.87. The predicted octanol–water partition coefficient (Wildman–Crippen LogP) is 2.73. The molecule has 2 N–H and O–H groups in total. The smallest absolute Gasteiger partial charge is 0.221 e. The molecule has 1 heterocycles. The molecule has 0 radical (unpaired) electrons. The number of amides is 1. The minimum Gasteiger partial charge on any atom is -0.493 e. The molecule has 1 aromatic carbocycles. The third-order valence-electron chi connectivity index (χ3n) is 4.77. The Hall–Kier alpha value is -1.40. The number of methoxy groups -OCH3 is 1. The Labute approximate surface area is 154 Å². The maximum absolute atomic E-state index is 12.3. The number of para-hydroxylation sites is 1. The van der Waals surface area contributed by atoms with Crippen LogP contribution >= 0.6 is 11.8 Å². The van der Waals surface area contributed by atoms with E-state index in [4.69, 9.17) is 9.47 Å². The van der Waals surface area contributed by atoms with Gasteiger partial charge in [0.2, 0.25) is 5.91 Å². The van der Waals surface area contributed by atoms with Crippen molar-refractivity contribution in [2.45, 2.75) is 50.8 Å². The van der Waals surface area contributed by atoms with Crippen LogP contribution in [0.4, 0.5) is 0 Å². The van der Waals surface area contributed by atoms with Crippen molar-refractivity contribution in [1.82, 2.24) is 10.6 Å². The van der Waals surface area contributed by atoms with E-state index in [1.165, 1.54) is 12.8 Å². The number of benzene rings is 1. The molecule has 1 aliphatic carbocycles. The van der Waals surface area contributed by atoms with Gasteiger partial charge in [0.25, 0.3) is 0 Å². The van der Waals surface area contributed by atoms with Crippen LogP contribution in [0.1, 0.15) is 37.7 Å². The third kappa shape index (κ3) is 5.28. The van der Waals surface area contributed by atoms with Gasteiger partial charge in [0.1, 0.15) is 0 Å². The predicted molar refractivity (Wildman–Crippen MR) is 101 cm³/mol. The fraction of sp³-hybridized carbons (Fsp3) is 0.632. The van der Waals surface area contributed by atoms with Crippen molar-refractivity contribution in [3.8, 4) is 11.5 Å². The first-order chi connectivity index (χ1) is 12.3. The van der Waals surface area contributed by atoms with Crippen LogP contribution in [-0.2, 0) is 11.3 Å². The lowest BCUT2D eigenvalue weighted by Crippen LogP contribution is -2.41. The highest BCUT2D eigenvalue weighted by Crippen LogP contribution is 2.34. The van der Waals surface area contributed by atoms with Crippen LogP contribution < -0.4 is 20.1 Å².